The molecule has 1 atom stereocenters. The van der Waals surface area contributed by atoms with Crippen molar-refractivity contribution in [3.8, 4) is 0 Å². The molecule has 0 aromatic carbocycles. The van der Waals surface area contributed by atoms with Gasteiger partial charge >= 0.3 is 0 Å². The molecule has 0 saturated heterocycles. The third-order valence-corrected chi connectivity index (χ3v) is 1.59. The van der Waals surface area contributed by atoms with Gasteiger partial charge in [-0.25, -0.2) is 0 Å². The fourth-order valence-electron chi connectivity index (χ4n) is 0.948. The summed E-state index contributed by atoms with van der Waals surface area (Å²) in [6, 6.07) is 0. The molecule has 0 saturated carbocycles. The van der Waals surface area contributed by atoms with Gasteiger partial charge in [0.15, 0.2) is 0 Å². The van der Waals surface area contributed by atoms with E-state index in [1.54, 1.807) is 0 Å². The van der Waals surface area contributed by atoms with Gasteiger partial charge in [-0.05, 0) is 20.3 Å². The largest absolute Gasteiger partial charge is 0.374 e. The van der Waals surface area contributed by atoms with Crippen molar-refractivity contribution in [2.45, 2.75) is 46.1 Å². The molecule has 1 unspecified atom stereocenters. The van der Waals surface area contributed by atoms with Gasteiger partial charge in [0, 0.05) is 6.61 Å². The van der Waals surface area contributed by atoms with E-state index in [9.17, 15) is 0 Å². The quantitative estimate of drug-likeness (QED) is 0.424. The summed E-state index contributed by atoms with van der Waals surface area (Å²) in [6.45, 7) is 7.20. The van der Waals surface area contributed by atoms with Gasteiger partial charge in [0.25, 0.3) is 0 Å². The van der Waals surface area contributed by atoms with Crippen LogP contribution in [0.25, 0.3) is 0 Å². The predicted octanol–water partition coefficient (Wildman–Crippen LogP) is 3.16. The number of allylic oxidation sites excluding steroid dienone is 1. The van der Waals surface area contributed by atoms with Gasteiger partial charge in [0.1, 0.15) is 0 Å². The Bertz CT molecular complexity index is 97.0. The minimum Gasteiger partial charge on any atom is -0.374 e. The maximum absolute atomic E-state index is 5.50. The molecule has 0 rings (SSSR count). The highest BCUT2D eigenvalue weighted by Gasteiger charge is 1.93. The molecule has 0 aromatic rings. The van der Waals surface area contributed by atoms with Crippen LogP contribution in [0.5, 0.6) is 0 Å². The minimum absolute atomic E-state index is 0.289. The number of ether oxygens (including phenoxy) is 1. The van der Waals surface area contributed by atoms with Crippen LogP contribution in [0.1, 0.15) is 40.0 Å². The molecule has 0 aliphatic rings. The Kier molecular flexibility index (Phi) is 7.59. The third-order valence-electron chi connectivity index (χ3n) is 1.59. The number of hydrogen-bond acceptors (Lipinski definition) is 1. The van der Waals surface area contributed by atoms with E-state index in [2.05, 4.69) is 19.9 Å². The van der Waals surface area contributed by atoms with Gasteiger partial charge in [-0.2, -0.15) is 0 Å². The molecule has 0 heterocycles. The summed E-state index contributed by atoms with van der Waals surface area (Å²) < 4.78 is 5.50. The second-order valence-corrected chi connectivity index (χ2v) is 2.81. The zero-order chi connectivity index (χ0) is 8.53. The van der Waals surface area contributed by atoms with Gasteiger partial charge in [-0.15, -0.1) is 0 Å². The van der Waals surface area contributed by atoms with Crippen LogP contribution in [0.4, 0.5) is 0 Å². The third kappa shape index (κ3) is 7.60. The van der Waals surface area contributed by atoms with Crippen LogP contribution in [-0.4, -0.2) is 12.7 Å². The van der Waals surface area contributed by atoms with Crippen LogP contribution in [0.2, 0.25) is 0 Å². The van der Waals surface area contributed by atoms with Crippen LogP contribution >= 0.6 is 0 Å². The highest BCUT2D eigenvalue weighted by Crippen LogP contribution is 1.98. The molecule has 0 spiro atoms. The smallest absolute Gasteiger partial charge is 0.0727 e. The van der Waals surface area contributed by atoms with Crippen molar-refractivity contribution in [2.24, 2.45) is 0 Å². The van der Waals surface area contributed by atoms with Gasteiger partial charge in [-0.1, -0.05) is 31.9 Å². The van der Waals surface area contributed by atoms with E-state index in [1.807, 2.05) is 13.0 Å². The monoisotopic (exact) mass is 156 g/mol. The average molecular weight is 156 g/mol. The summed E-state index contributed by atoms with van der Waals surface area (Å²) in [5, 5.41) is 0. The lowest BCUT2D eigenvalue weighted by Gasteiger charge is -2.07. The molecule has 0 aromatic heterocycles. The standard InChI is InChI=1S/C10H20O/c1-4-6-7-9-11-10(3)8-5-2/h5,8,10H,4,6-7,9H2,1-3H3. The summed E-state index contributed by atoms with van der Waals surface area (Å²) in [5.74, 6) is 0. The maximum Gasteiger partial charge on any atom is 0.0727 e. The van der Waals surface area contributed by atoms with E-state index >= 15 is 0 Å². The van der Waals surface area contributed by atoms with Crippen molar-refractivity contribution in [2.75, 3.05) is 6.61 Å². The van der Waals surface area contributed by atoms with Gasteiger partial charge < -0.3 is 4.74 Å². The van der Waals surface area contributed by atoms with Crippen LogP contribution in [-0.2, 0) is 4.74 Å². The molecule has 1 nitrogen and oxygen atoms in total. The van der Waals surface area contributed by atoms with E-state index in [4.69, 9.17) is 4.74 Å². The van der Waals surface area contributed by atoms with Crippen LogP contribution in [0.3, 0.4) is 0 Å². The van der Waals surface area contributed by atoms with Gasteiger partial charge in [0.05, 0.1) is 6.10 Å². The Balaban J connectivity index is 3.10. The first-order valence-electron chi connectivity index (χ1n) is 4.55. The molecular weight excluding hydrogens is 136 g/mol. The zero-order valence-electron chi connectivity index (χ0n) is 7.97. The Morgan fingerprint density at radius 1 is 1.36 bits per heavy atom. The second-order valence-electron chi connectivity index (χ2n) is 2.81. The van der Waals surface area contributed by atoms with Crippen LogP contribution in [0.15, 0.2) is 12.2 Å². The molecule has 11 heavy (non-hydrogen) atoms. The molecule has 0 aliphatic carbocycles. The van der Waals surface area contributed by atoms with E-state index < -0.39 is 0 Å². The fourth-order valence-corrected chi connectivity index (χ4v) is 0.948. The van der Waals surface area contributed by atoms with Crippen molar-refractivity contribution in [3.05, 3.63) is 12.2 Å². The molecule has 1 heteroatoms. The summed E-state index contributed by atoms with van der Waals surface area (Å²) >= 11 is 0. The number of unbranched alkanes of at least 4 members (excludes halogenated alkanes) is 2. The molecular formula is C10H20O. The maximum atomic E-state index is 5.50. The summed E-state index contributed by atoms with van der Waals surface area (Å²) in [7, 11) is 0. The molecule has 0 radical (unpaired) electrons. The van der Waals surface area contributed by atoms with Crippen LogP contribution < -0.4 is 0 Å². The highest BCUT2D eigenvalue weighted by atomic mass is 16.5. The lowest BCUT2D eigenvalue weighted by atomic mass is 10.3. The first-order chi connectivity index (χ1) is 5.31. The summed E-state index contributed by atoms with van der Waals surface area (Å²) in [4.78, 5) is 0. The Morgan fingerprint density at radius 3 is 2.64 bits per heavy atom. The number of rotatable bonds is 6. The van der Waals surface area contributed by atoms with Crippen LogP contribution in [0, 0.1) is 0 Å². The molecule has 0 N–H and O–H groups in total. The predicted molar refractivity (Wildman–Crippen MR) is 49.8 cm³/mol. The van der Waals surface area contributed by atoms with Gasteiger partial charge in [0.2, 0.25) is 0 Å². The second kappa shape index (κ2) is 7.80. The SMILES string of the molecule is CC=CC(C)OCCCCC. The van der Waals surface area contributed by atoms with Gasteiger partial charge in [-0.3, -0.25) is 0 Å². The van der Waals surface area contributed by atoms with Crippen molar-refractivity contribution in [1.29, 1.82) is 0 Å². The van der Waals surface area contributed by atoms with Crippen molar-refractivity contribution >= 4 is 0 Å². The van der Waals surface area contributed by atoms with Crippen molar-refractivity contribution in [3.63, 3.8) is 0 Å². The summed E-state index contributed by atoms with van der Waals surface area (Å²) in [5.41, 5.74) is 0. The molecule has 0 amide bonds. The van der Waals surface area contributed by atoms with Crippen molar-refractivity contribution in [1.82, 2.24) is 0 Å². The zero-order valence-corrected chi connectivity index (χ0v) is 7.97. The fraction of sp³-hybridized carbons (Fsp3) is 0.800. The topological polar surface area (TPSA) is 9.23 Å². The number of hydrogen-bond donors (Lipinski definition) is 0. The van der Waals surface area contributed by atoms with E-state index in [0.29, 0.717) is 0 Å². The Morgan fingerprint density at radius 2 is 2.09 bits per heavy atom. The summed E-state index contributed by atoms with van der Waals surface area (Å²) in [6.07, 6.45) is 8.13. The van der Waals surface area contributed by atoms with E-state index in [0.717, 1.165) is 6.61 Å². The lowest BCUT2D eigenvalue weighted by molar-refractivity contribution is 0.0941. The molecule has 66 valence electrons. The van der Waals surface area contributed by atoms with E-state index in [-0.39, 0.29) is 6.10 Å². The van der Waals surface area contributed by atoms with E-state index in [1.165, 1.54) is 19.3 Å². The average Bonchev–Trinajstić information content (AvgIpc) is 1.99. The lowest BCUT2D eigenvalue weighted by Crippen LogP contribution is -2.05. The molecule has 0 bridgehead atoms. The first kappa shape index (κ1) is 10.7. The first-order valence-corrected chi connectivity index (χ1v) is 4.55. The minimum atomic E-state index is 0.289. The Labute approximate surface area is 70.4 Å². The molecule has 0 aliphatic heterocycles. The normalized spacial score (nSPS) is 14.1. The van der Waals surface area contributed by atoms with Crippen molar-refractivity contribution < 1.29 is 4.74 Å². The Hall–Kier alpha value is -0.300. The highest BCUT2D eigenvalue weighted by molar-refractivity contribution is 4.83. The molecule has 0 fully saturated rings.